The maximum absolute atomic E-state index is 10.6. The molecule has 3 N–H and O–H groups in total. The van der Waals surface area contributed by atoms with Crippen molar-refractivity contribution in [2.24, 2.45) is 5.73 Å². The SMILES string of the molecule is NC(Cc1nc2cc(Br)ccn2n1)C(=O)O. The summed E-state index contributed by atoms with van der Waals surface area (Å²) in [5.41, 5.74) is 6.06. The Kier molecular flexibility index (Phi) is 2.88. The zero-order valence-electron chi connectivity index (χ0n) is 8.17. The van der Waals surface area contributed by atoms with Crippen LogP contribution in [0.2, 0.25) is 0 Å². The van der Waals surface area contributed by atoms with Crippen molar-refractivity contribution in [2.45, 2.75) is 12.5 Å². The van der Waals surface area contributed by atoms with Gasteiger partial charge in [-0.15, -0.1) is 0 Å². The number of carboxylic acids is 1. The lowest BCUT2D eigenvalue weighted by molar-refractivity contribution is -0.138. The number of pyridine rings is 1. The van der Waals surface area contributed by atoms with Gasteiger partial charge in [0.1, 0.15) is 6.04 Å². The molecule has 2 heterocycles. The molecule has 2 aromatic rings. The van der Waals surface area contributed by atoms with Gasteiger partial charge in [0, 0.05) is 17.1 Å². The third kappa shape index (κ3) is 2.20. The molecule has 0 amide bonds. The summed E-state index contributed by atoms with van der Waals surface area (Å²) in [6, 6.07) is 2.65. The first-order valence-corrected chi connectivity index (χ1v) is 5.35. The highest BCUT2D eigenvalue weighted by Crippen LogP contribution is 2.11. The van der Waals surface area contributed by atoms with E-state index in [1.165, 1.54) is 0 Å². The molecule has 1 atom stereocenters. The summed E-state index contributed by atoms with van der Waals surface area (Å²) in [6.07, 6.45) is 1.86. The standard InChI is InChI=1S/C9H9BrN4O2/c10-5-1-2-14-8(3-5)12-7(13-14)4-6(11)9(15)16/h1-3,6H,4,11H2,(H,15,16). The van der Waals surface area contributed by atoms with Gasteiger partial charge in [-0.25, -0.2) is 9.50 Å². The number of nitrogens with zero attached hydrogens (tertiary/aromatic N) is 3. The second kappa shape index (κ2) is 4.18. The number of carboxylic acid groups (broad SMARTS) is 1. The van der Waals surface area contributed by atoms with Gasteiger partial charge in [-0.2, -0.15) is 5.10 Å². The third-order valence-corrected chi connectivity index (χ3v) is 2.56. The van der Waals surface area contributed by atoms with Crippen LogP contribution in [-0.2, 0) is 11.2 Å². The summed E-state index contributed by atoms with van der Waals surface area (Å²) in [5, 5.41) is 12.8. The highest BCUT2D eigenvalue weighted by atomic mass is 79.9. The zero-order chi connectivity index (χ0) is 11.7. The molecule has 0 bridgehead atoms. The number of aliphatic carboxylic acids is 1. The van der Waals surface area contributed by atoms with Gasteiger partial charge in [0.05, 0.1) is 0 Å². The first kappa shape index (κ1) is 11.0. The molecular weight excluding hydrogens is 276 g/mol. The Labute approximate surface area is 99.2 Å². The highest BCUT2D eigenvalue weighted by Gasteiger charge is 2.15. The number of rotatable bonds is 3. The van der Waals surface area contributed by atoms with Crippen molar-refractivity contribution in [1.82, 2.24) is 14.6 Å². The Bertz CT molecular complexity index is 539. The van der Waals surface area contributed by atoms with Crippen LogP contribution in [0.5, 0.6) is 0 Å². The fourth-order valence-electron chi connectivity index (χ4n) is 1.27. The molecule has 6 nitrogen and oxygen atoms in total. The molecule has 1 unspecified atom stereocenters. The van der Waals surface area contributed by atoms with E-state index in [0.717, 1.165) is 4.47 Å². The molecule has 16 heavy (non-hydrogen) atoms. The summed E-state index contributed by atoms with van der Waals surface area (Å²) in [5.74, 6) is -0.631. The monoisotopic (exact) mass is 284 g/mol. The average molecular weight is 285 g/mol. The van der Waals surface area contributed by atoms with E-state index in [2.05, 4.69) is 26.0 Å². The minimum atomic E-state index is -1.06. The van der Waals surface area contributed by atoms with Gasteiger partial charge in [0.15, 0.2) is 11.5 Å². The van der Waals surface area contributed by atoms with Crippen LogP contribution in [0.4, 0.5) is 0 Å². The van der Waals surface area contributed by atoms with E-state index < -0.39 is 12.0 Å². The van der Waals surface area contributed by atoms with Crippen LogP contribution >= 0.6 is 15.9 Å². The van der Waals surface area contributed by atoms with E-state index in [1.54, 1.807) is 16.8 Å². The van der Waals surface area contributed by atoms with E-state index in [0.29, 0.717) is 11.5 Å². The van der Waals surface area contributed by atoms with Gasteiger partial charge in [-0.1, -0.05) is 15.9 Å². The Balaban J connectivity index is 2.29. The van der Waals surface area contributed by atoms with Crippen molar-refractivity contribution < 1.29 is 9.90 Å². The predicted octanol–water partition coefficient (Wildman–Crippen LogP) is 0.446. The summed E-state index contributed by atoms with van der Waals surface area (Å²) < 4.78 is 2.47. The molecule has 0 radical (unpaired) electrons. The molecule has 2 aromatic heterocycles. The first-order chi connectivity index (χ1) is 7.56. The molecule has 2 rings (SSSR count). The molecule has 0 aliphatic rings. The molecule has 0 aliphatic carbocycles. The Morgan fingerprint density at radius 3 is 3.12 bits per heavy atom. The third-order valence-electron chi connectivity index (χ3n) is 2.06. The lowest BCUT2D eigenvalue weighted by Crippen LogP contribution is -2.32. The van der Waals surface area contributed by atoms with Gasteiger partial charge in [0.25, 0.3) is 0 Å². The first-order valence-electron chi connectivity index (χ1n) is 4.55. The second-order valence-corrected chi connectivity index (χ2v) is 4.24. The summed E-state index contributed by atoms with van der Waals surface area (Å²) in [6.45, 7) is 0. The highest BCUT2D eigenvalue weighted by molar-refractivity contribution is 9.10. The molecule has 84 valence electrons. The van der Waals surface area contributed by atoms with Gasteiger partial charge in [-0.05, 0) is 12.1 Å². The number of hydrogen-bond acceptors (Lipinski definition) is 4. The topological polar surface area (TPSA) is 93.5 Å². The zero-order valence-corrected chi connectivity index (χ0v) is 9.75. The van der Waals surface area contributed by atoms with Gasteiger partial charge in [0.2, 0.25) is 0 Å². The van der Waals surface area contributed by atoms with Crippen molar-refractivity contribution in [3.63, 3.8) is 0 Å². The van der Waals surface area contributed by atoms with Crippen LogP contribution in [0.15, 0.2) is 22.8 Å². The van der Waals surface area contributed by atoms with Crippen LogP contribution in [0, 0.1) is 0 Å². The Morgan fingerprint density at radius 2 is 2.44 bits per heavy atom. The molecule has 0 aromatic carbocycles. The molecule has 0 spiro atoms. The molecule has 0 saturated heterocycles. The van der Waals surface area contributed by atoms with E-state index in [1.807, 2.05) is 6.07 Å². The number of fused-ring (bicyclic) bond motifs is 1. The van der Waals surface area contributed by atoms with Crippen LogP contribution in [0.3, 0.4) is 0 Å². The fraction of sp³-hybridized carbons (Fsp3) is 0.222. The smallest absolute Gasteiger partial charge is 0.320 e. The van der Waals surface area contributed by atoms with Gasteiger partial charge < -0.3 is 10.8 Å². The number of halogens is 1. The fourth-order valence-corrected chi connectivity index (χ4v) is 1.60. The van der Waals surface area contributed by atoms with Gasteiger partial charge >= 0.3 is 5.97 Å². The maximum Gasteiger partial charge on any atom is 0.320 e. The van der Waals surface area contributed by atoms with E-state index >= 15 is 0 Å². The number of aromatic nitrogens is 3. The molecule has 0 aliphatic heterocycles. The molecule has 7 heteroatoms. The number of hydrogen-bond donors (Lipinski definition) is 2. The van der Waals surface area contributed by atoms with Crippen LogP contribution in [0.1, 0.15) is 5.82 Å². The van der Waals surface area contributed by atoms with E-state index in [9.17, 15) is 4.79 Å². The van der Waals surface area contributed by atoms with E-state index in [4.69, 9.17) is 10.8 Å². The van der Waals surface area contributed by atoms with Crippen molar-refractivity contribution in [2.75, 3.05) is 0 Å². The van der Waals surface area contributed by atoms with Crippen molar-refractivity contribution >= 4 is 27.5 Å². The van der Waals surface area contributed by atoms with Crippen LogP contribution in [0.25, 0.3) is 5.65 Å². The Morgan fingerprint density at radius 1 is 1.69 bits per heavy atom. The summed E-state index contributed by atoms with van der Waals surface area (Å²) in [7, 11) is 0. The predicted molar refractivity (Wildman–Crippen MR) is 60.0 cm³/mol. The lowest BCUT2D eigenvalue weighted by atomic mass is 10.2. The van der Waals surface area contributed by atoms with Crippen molar-refractivity contribution in [3.05, 3.63) is 28.6 Å². The number of carbonyl (C=O) groups is 1. The quantitative estimate of drug-likeness (QED) is 0.853. The molecule has 0 fully saturated rings. The summed E-state index contributed by atoms with van der Waals surface area (Å²) in [4.78, 5) is 14.8. The average Bonchev–Trinajstić information content (AvgIpc) is 2.58. The van der Waals surface area contributed by atoms with Crippen LogP contribution in [-0.4, -0.2) is 31.7 Å². The minimum absolute atomic E-state index is 0.120. The minimum Gasteiger partial charge on any atom is -0.480 e. The number of nitrogens with two attached hydrogens (primary N) is 1. The van der Waals surface area contributed by atoms with E-state index in [-0.39, 0.29) is 6.42 Å². The molecular formula is C9H9BrN4O2. The maximum atomic E-state index is 10.6. The Hall–Kier alpha value is -1.47. The van der Waals surface area contributed by atoms with Crippen molar-refractivity contribution in [3.8, 4) is 0 Å². The van der Waals surface area contributed by atoms with Crippen LogP contribution < -0.4 is 5.73 Å². The van der Waals surface area contributed by atoms with Crippen molar-refractivity contribution in [1.29, 1.82) is 0 Å². The molecule has 0 saturated carbocycles. The lowest BCUT2D eigenvalue weighted by Gasteiger charge is -2.00. The summed E-state index contributed by atoms with van der Waals surface area (Å²) >= 11 is 3.32. The second-order valence-electron chi connectivity index (χ2n) is 3.32. The van der Waals surface area contributed by atoms with Gasteiger partial charge in [-0.3, -0.25) is 4.79 Å². The normalized spacial score (nSPS) is 12.9. The largest absolute Gasteiger partial charge is 0.480 e.